The highest BCUT2D eigenvalue weighted by atomic mass is 16.5. The fourth-order valence-corrected chi connectivity index (χ4v) is 1.75. The molecule has 1 heterocycles. The third-order valence-corrected chi connectivity index (χ3v) is 2.87. The molecule has 15 heavy (non-hydrogen) atoms. The van der Waals surface area contributed by atoms with E-state index in [2.05, 4.69) is 4.98 Å². The highest BCUT2D eigenvalue weighted by Crippen LogP contribution is 2.37. The zero-order valence-electron chi connectivity index (χ0n) is 8.56. The Kier molecular flexibility index (Phi) is 2.58. The number of rotatable bonds is 3. The van der Waals surface area contributed by atoms with Crippen LogP contribution >= 0.6 is 0 Å². The lowest BCUT2D eigenvalue weighted by Gasteiger charge is -2.25. The van der Waals surface area contributed by atoms with Crippen molar-refractivity contribution < 1.29 is 14.6 Å². The number of nitrogens with zero attached hydrogens (tertiary/aromatic N) is 1. The van der Waals surface area contributed by atoms with Gasteiger partial charge in [0.25, 0.3) is 0 Å². The van der Waals surface area contributed by atoms with Crippen LogP contribution in [0.2, 0.25) is 0 Å². The second kappa shape index (κ2) is 3.88. The van der Waals surface area contributed by atoms with Gasteiger partial charge in [-0.3, -0.25) is 0 Å². The van der Waals surface area contributed by atoms with Crippen molar-refractivity contribution in [2.24, 2.45) is 0 Å². The second-order valence-corrected chi connectivity index (χ2v) is 3.76. The van der Waals surface area contributed by atoms with Crippen molar-refractivity contribution in [3.05, 3.63) is 23.4 Å². The minimum absolute atomic E-state index is 0.155. The highest BCUT2D eigenvalue weighted by molar-refractivity contribution is 5.90. The fourth-order valence-electron chi connectivity index (χ4n) is 1.75. The minimum Gasteiger partial charge on any atom is -0.480 e. The smallest absolute Gasteiger partial charge is 0.341 e. The van der Waals surface area contributed by atoms with Crippen LogP contribution in [0.4, 0.5) is 0 Å². The summed E-state index contributed by atoms with van der Waals surface area (Å²) in [7, 11) is 1.43. The van der Waals surface area contributed by atoms with E-state index in [0.29, 0.717) is 5.92 Å². The van der Waals surface area contributed by atoms with Crippen molar-refractivity contribution in [2.75, 3.05) is 7.11 Å². The van der Waals surface area contributed by atoms with Gasteiger partial charge in [-0.25, -0.2) is 9.78 Å². The lowest BCUT2D eigenvalue weighted by Crippen LogP contribution is -2.11. The van der Waals surface area contributed by atoms with Crippen LogP contribution in [-0.4, -0.2) is 23.2 Å². The van der Waals surface area contributed by atoms with Gasteiger partial charge in [-0.1, -0.05) is 6.42 Å². The number of pyridine rings is 1. The number of hydrogen-bond donors (Lipinski definition) is 1. The van der Waals surface area contributed by atoms with E-state index in [0.717, 1.165) is 18.4 Å². The summed E-state index contributed by atoms with van der Waals surface area (Å²) < 4.78 is 4.90. The molecule has 0 radical (unpaired) electrons. The van der Waals surface area contributed by atoms with Gasteiger partial charge in [0.05, 0.1) is 7.11 Å². The lowest BCUT2D eigenvalue weighted by molar-refractivity contribution is 0.0692. The molecule has 0 bridgehead atoms. The molecule has 4 heteroatoms. The van der Waals surface area contributed by atoms with Gasteiger partial charge < -0.3 is 9.84 Å². The largest absolute Gasteiger partial charge is 0.480 e. The Bertz CT molecular complexity index is 385. The number of carbonyl (C=O) groups is 1. The average Bonchev–Trinajstić information content (AvgIpc) is 2.15. The third-order valence-electron chi connectivity index (χ3n) is 2.87. The van der Waals surface area contributed by atoms with Crippen LogP contribution in [0, 0.1) is 0 Å². The number of hydrogen-bond acceptors (Lipinski definition) is 3. The molecule has 0 amide bonds. The Balaban J connectivity index is 2.35. The molecule has 1 N–H and O–H groups in total. The van der Waals surface area contributed by atoms with Gasteiger partial charge in [0.1, 0.15) is 5.56 Å². The highest BCUT2D eigenvalue weighted by Gasteiger charge is 2.22. The summed E-state index contributed by atoms with van der Waals surface area (Å²) in [5.74, 6) is -0.312. The zero-order chi connectivity index (χ0) is 10.8. The van der Waals surface area contributed by atoms with E-state index in [1.807, 2.05) is 0 Å². The molecule has 1 aromatic rings. The van der Waals surface area contributed by atoms with E-state index in [9.17, 15) is 4.79 Å². The van der Waals surface area contributed by atoms with E-state index in [4.69, 9.17) is 9.84 Å². The first kappa shape index (κ1) is 9.96. The van der Waals surface area contributed by atoms with Crippen LogP contribution in [0.15, 0.2) is 12.3 Å². The summed E-state index contributed by atoms with van der Waals surface area (Å²) in [6.45, 7) is 0. The van der Waals surface area contributed by atoms with Gasteiger partial charge in [-0.05, 0) is 30.4 Å². The van der Waals surface area contributed by atoms with E-state index >= 15 is 0 Å². The Hall–Kier alpha value is -1.58. The van der Waals surface area contributed by atoms with Crippen molar-refractivity contribution in [3.63, 3.8) is 0 Å². The molecule has 0 aliphatic heterocycles. The molecule has 0 unspecified atom stereocenters. The molecule has 0 aromatic carbocycles. The summed E-state index contributed by atoms with van der Waals surface area (Å²) >= 11 is 0. The van der Waals surface area contributed by atoms with Gasteiger partial charge >= 0.3 is 5.97 Å². The van der Waals surface area contributed by atoms with E-state index < -0.39 is 5.97 Å². The fraction of sp³-hybridized carbons (Fsp3) is 0.455. The standard InChI is InChI=1S/C11H13NO3/c1-15-10-9(11(13)14)5-8(6-12-10)7-3-2-4-7/h5-7H,2-4H2,1H3,(H,13,14). The predicted molar refractivity (Wildman–Crippen MR) is 54.3 cm³/mol. The first-order valence-electron chi connectivity index (χ1n) is 4.99. The topological polar surface area (TPSA) is 59.4 Å². The Morgan fingerprint density at radius 3 is 2.80 bits per heavy atom. The number of methoxy groups -OCH3 is 1. The monoisotopic (exact) mass is 207 g/mol. The quantitative estimate of drug-likeness (QED) is 0.824. The van der Waals surface area contributed by atoms with Gasteiger partial charge in [0.2, 0.25) is 5.88 Å². The summed E-state index contributed by atoms with van der Waals surface area (Å²) in [6.07, 6.45) is 5.20. The maximum Gasteiger partial charge on any atom is 0.341 e. The maximum absolute atomic E-state index is 10.9. The van der Waals surface area contributed by atoms with E-state index in [1.54, 1.807) is 12.3 Å². The summed E-state index contributed by atoms with van der Waals surface area (Å²) in [6, 6.07) is 1.68. The first-order chi connectivity index (χ1) is 7.22. The van der Waals surface area contributed by atoms with Crippen molar-refractivity contribution in [1.29, 1.82) is 0 Å². The van der Waals surface area contributed by atoms with E-state index in [1.165, 1.54) is 13.5 Å². The van der Waals surface area contributed by atoms with Crippen molar-refractivity contribution in [1.82, 2.24) is 4.98 Å². The SMILES string of the molecule is COc1ncc(C2CCC2)cc1C(=O)O. The third kappa shape index (κ3) is 1.79. The van der Waals surface area contributed by atoms with Crippen molar-refractivity contribution in [2.45, 2.75) is 25.2 Å². The van der Waals surface area contributed by atoms with Gasteiger partial charge in [0, 0.05) is 6.20 Å². The van der Waals surface area contributed by atoms with Crippen LogP contribution < -0.4 is 4.74 Å². The number of ether oxygens (including phenoxy) is 1. The molecule has 1 aliphatic carbocycles. The maximum atomic E-state index is 10.9. The molecule has 0 atom stereocenters. The van der Waals surface area contributed by atoms with Crippen molar-refractivity contribution in [3.8, 4) is 5.88 Å². The minimum atomic E-state index is -0.986. The Labute approximate surface area is 87.9 Å². The molecule has 0 saturated heterocycles. The molecule has 0 spiro atoms. The molecule has 1 saturated carbocycles. The molecular formula is C11H13NO3. The second-order valence-electron chi connectivity index (χ2n) is 3.76. The normalized spacial score (nSPS) is 15.8. The summed E-state index contributed by atoms with van der Waals surface area (Å²) in [5, 5.41) is 8.97. The van der Waals surface area contributed by atoms with Crippen LogP contribution in [0.25, 0.3) is 0 Å². The first-order valence-corrected chi connectivity index (χ1v) is 4.99. The van der Waals surface area contributed by atoms with Gasteiger partial charge in [0.15, 0.2) is 0 Å². The van der Waals surface area contributed by atoms with Crippen LogP contribution in [0.1, 0.15) is 41.1 Å². The number of aromatic carboxylic acids is 1. The lowest BCUT2D eigenvalue weighted by atomic mass is 9.80. The van der Waals surface area contributed by atoms with Crippen LogP contribution in [0.5, 0.6) is 5.88 Å². The average molecular weight is 207 g/mol. The van der Waals surface area contributed by atoms with Gasteiger partial charge in [-0.15, -0.1) is 0 Å². The van der Waals surface area contributed by atoms with Crippen LogP contribution in [0.3, 0.4) is 0 Å². The zero-order valence-corrected chi connectivity index (χ0v) is 8.56. The Morgan fingerprint density at radius 1 is 1.60 bits per heavy atom. The van der Waals surface area contributed by atoms with Crippen molar-refractivity contribution >= 4 is 5.97 Å². The Morgan fingerprint density at radius 2 is 2.33 bits per heavy atom. The molecule has 4 nitrogen and oxygen atoms in total. The van der Waals surface area contributed by atoms with Crippen LogP contribution in [-0.2, 0) is 0 Å². The molecule has 1 fully saturated rings. The molecular weight excluding hydrogens is 194 g/mol. The molecule has 1 aromatic heterocycles. The summed E-state index contributed by atoms with van der Waals surface area (Å²) in [5.41, 5.74) is 1.17. The van der Waals surface area contributed by atoms with Gasteiger partial charge in [-0.2, -0.15) is 0 Å². The number of carboxylic acids is 1. The molecule has 1 aliphatic rings. The predicted octanol–water partition coefficient (Wildman–Crippen LogP) is 2.06. The number of carboxylic acid groups (broad SMARTS) is 1. The summed E-state index contributed by atoms with van der Waals surface area (Å²) in [4.78, 5) is 15.0. The number of aromatic nitrogens is 1. The van der Waals surface area contributed by atoms with E-state index in [-0.39, 0.29) is 11.4 Å². The molecule has 80 valence electrons. The molecule has 2 rings (SSSR count).